The van der Waals surface area contributed by atoms with Crippen molar-refractivity contribution in [2.45, 2.75) is 0 Å². The van der Waals surface area contributed by atoms with E-state index in [2.05, 4.69) is 4.98 Å². The maximum Gasteiger partial charge on any atom is 0.133 e. The first-order valence-corrected chi connectivity index (χ1v) is 6.39. The molecule has 0 aliphatic heterocycles. The smallest absolute Gasteiger partial charge is 0.133 e. The Labute approximate surface area is 117 Å². The normalized spacial score (nSPS) is 11.4. The molecule has 3 aromatic rings. The molecule has 0 aliphatic carbocycles. The van der Waals surface area contributed by atoms with Crippen LogP contribution in [0, 0.1) is 0 Å². The highest BCUT2D eigenvalue weighted by molar-refractivity contribution is 5.82. The summed E-state index contributed by atoms with van der Waals surface area (Å²) in [7, 11) is 1.98. The maximum atomic E-state index is 5.81. The Bertz CT molecular complexity index is 799. The van der Waals surface area contributed by atoms with Crippen LogP contribution in [0.2, 0.25) is 0 Å². The fourth-order valence-electron chi connectivity index (χ4n) is 2.21. The Balaban J connectivity index is 2.00. The van der Waals surface area contributed by atoms with Gasteiger partial charge in [-0.15, -0.1) is 0 Å². The Hall–Kier alpha value is -2.75. The Morgan fingerprint density at radius 2 is 1.80 bits per heavy atom. The maximum absolute atomic E-state index is 5.81. The van der Waals surface area contributed by atoms with Crippen molar-refractivity contribution in [1.82, 2.24) is 9.55 Å². The number of hydrogen-bond donors (Lipinski definition) is 2. The van der Waals surface area contributed by atoms with Gasteiger partial charge >= 0.3 is 0 Å². The Morgan fingerprint density at radius 3 is 2.60 bits per heavy atom. The number of rotatable bonds is 2. The van der Waals surface area contributed by atoms with Crippen LogP contribution in [0.25, 0.3) is 23.2 Å². The summed E-state index contributed by atoms with van der Waals surface area (Å²) in [6.45, 7) is 0. The molecule has 1 aromatic heterocycles. The summed E-state index contributed by atoms with van der Waals surface area (Å²) < 4.78 is 2.02. The summed E-state index contributed by atoms with van der Waals surface area (Å²) in [5.74, 6) is 0.882. The molecule has 0 saturated carbocycles. The van der Waals surface area contributed by atoms with Crippen molar-refractivity contribution in [3.05, 3.63) is 53.9 Å². The van der Waals surface area contributed by atoms with Gasteiger partial charge in [0.1, 0.15) is 5.82 Å². The number of aromatic nitrogens is 2. The second kappa shape index (κ2) is 4.74. The largest absolute Gasteiger partial charge is 0.399 e. The molecular weight excluding hydrogens is 248 g/mol. The standard InChI is InChI=1S/C16H16N4/c1-20-15-10-13(18)6-7-14(15)19-16(20)8-5-11-3-2-4-12(17)9-11/h2-10H,17-18H2,1H3/b8-5+. The number of nitrogen functional groups attached to an aromatic ring is 2. The number of aryl methyl sites for hydroxylation is 1. The van der Waals surface area contributed by atoms with Gasteiger partial charge in [0.05, 0.1) is 11.0 Å². The van der Waals surface area contributed by atoms with E-state index < -0.39 is 0 Å². The van der Waals surface area contributed by atoms with E-state index in [0.29, 0.717) is 0 Å². The lowest BCUT2D eigenvalue weighted by Gasteiger charge is -1.99. The number of hydrogen-bond acceptors (Lipinski definition) is 3. The van der Waals surface area contributed by atoms with Crippen molar-refractivity contribution in [1.29, 1.82) is 0 Å². The van der Waals surface area contributed by atoms with Gasteiger partial charge in [-0.2, -0.15) is 0 Å². The van der Waals surface area contributed by atoms with Crippen LogP contribution in [0.4, 0.5) is 11.4 Å². The average Bonchev–Trinajstić information content (AvgIpc) is 2.73. The van der Waals surface area contributed by atoms with Crippen molar-refractivity contribution >= 4 is 34.6 Å². The van der Waals surface area contributed by atoms with Gasteiger partial charge in [0.2, 0.25) is 0 Å². The number of anilines is 2. The molecule has 0 bridgehead atoms. The van der Waals surface area contributed by atoms with Crippen LogP contribution >= 0.6 is 0 Å². The molecule has 1 heterocycles. The van der Waals surface area contributed by atoms with Crippen molar-refractivity contribution in [3.8, 4) is 0 Å². The topological polar surface area (TPSA) is 69.9 Å². The Morgan fingerprint density at radius 1 is 1.00 bits per heavy atom. The second-order valence-corrected chi connectivity index (χ2v) is 4.78. The number of nitrogens with zero attached hydrogens (tertiary/aromatic N) is 2. The molecule has 100 valence electrons. The quantitative estimate of drug-likeness (QED) is 0.699. The molecule has 20 heavy (non-hydrogen) atoms. The molecule has 4 N–H and O–H groups in total. The van der Waals surface area contributed by atoms with Crippen LogP contribution in [-0.4, -0.2) is 9.55 Å². The van der Waals surface area contributed by atoms with Gasteiger partial charge in [-0.3, -0.25) is 0 Å². The molecule has 0 unspecified atom stereocenters. The minimum atomic E-state index is 0.742. The van der Waals surface area contributed by atoms with E-state index in [-0.39, 0.29) is 0 Å². The molecule has 0 radical (unpaired) electrons. The van der Waals surface area contributed by atoms with Gasteiger partial charge in [-0.25, -0.2) is 4.98 Å². The van der Waals surface area contributed by atoms with Gasteiger partial charge in [0, 0.05) is 18.4 Å². The third-order valence-electron chi connectivity index (χ3n) is 3.28. The highest BCUT2D eigenvalue weighted by Crippen LogP contribution is 2.19. The fraction of sp³-hybridized carbons (Fsp3) is 0.0625. The van der Waals surface area contributed by atoms with E-state index in [4.69, 9.17) is 11.5 Å². The molecule has 0 spiro atoms. The van der Waals surface area contributed by atoms with Crippen LogP contribution in [0.5, 0.6) is 0 Å². The van der Waals surface area contributed by atoms with E-state index in [9.17, 15) is 0 Å². The molecule has 0 fully saturated rings. The molecule has 0 aliphatic rings. The SMILES string of the molecule is Cn1c(/C=C/c2cccc(N)c2)nc2ccc(N)cc21. The molecule has 0 amide bonds. The average molecular weight is 264 g/mol. The first kappa shape index (κ1) is 12.3. The second-order valence-electron chi connectivity index (χ2n) is 4.78. The lowest BCUT2D eigenvalue weighted by molar-refractivity contribution is 0.930. The zero-order chi connectivity index (χ0) is 14.1. The third-order valence-corrected chi connectivity index (χ3v) is 3.28. The van der Waals surface area contributed by atoms with Crippen molar-refractivity contribution in [2.24, 2.45) is 7.05 Å². The zero-order valence-corrected chi connectivity index (χ0v) is 11.2. The van der Waals surface area contributed by atoms with Crippen molar-refractivity contribution in [3.63, 3.8) is 0 Å². The van der Waals surface area contributed by atoms with E-state index >= 15 is 0 Å². The van der Waals surface area contributed by atoms with Gasteiger partial charge in [0.25, 0.3) is 0 Å². The summed E-state index contributed by atoms with van der Waals surface area (Å²) in [5, 5.41) is 0. The summed E-state index contributed by atoms with van der Waals surface area (Å²) in [5.41, 5.74) is 16.1. The molecule has 2 aromatic carbocycles. The van der Waals surface area contributed by atoms with E-state index in [1.54, 1.807) is 0 Å². The molecule has 4 heteroatoms. The Kier molecular flexibility index (Phi) is 2.91. The summed E-state index contributed by atoms with van der Waals surface area (Å²) in [4.78, 5) is 4.58. The molecular formula is C16H16N4. The zero-order valence-electron chi connectivity index (χ0n) is 11.2. The van der Waals surface area contributed by atoms with Crippen LogP contribution in [-0.2, 0) is 7.05 Å². The predicted molar refractivity (Wildman–Crippen MR) is 84.9 cm³/mol. The van der Waals surface area contributed by atoms with Crippen molar-refractivity contribution < 1.29 is 0 Å². The number of imidazole rings is 1. The molecule has 3 rings (SSSR count). The van der Waals surface area contributed by atoms with Crippen LogP contribution < -0.4 is 11.5 Å². The molecule has 0 atom stereocenters. The third kappa shape index (κ3) is 2.23. The van der Waals surface area contributed by atoms with E-state index in [0.717, 1.165) is 33.8 Å². The lowest BCUT2D eigenvalue weighted by Crippen LogP contribution is -1.92. The van der Waals surface area contributed by atoms with Gasteiger partial charge < -0.3 is 16.0 Å². The predicted octanol–water partition coefficient (Wildman–Crippen LogP) is 2.91. The molecule has 0 saturated heterocycles. The first-order chi connectivity index (χ1) is 9.63. The highest BCUT2D eigenvalue weighted by atomic mass is 15.1. The van der Waals surface area contributed by atoms with Gasteiger partial charge in [0.15, 0.2) is 0 Å². The van der Waals surface area contributed by atoms with Gasteiger partial charge in [-0.1, -0.05) is 18.2 Å². The summed E-state index contributed by atoms with van der Waals surface area (Å²) >= 11 is 0. The molecule has 4 nitrogen and oxygen atoms in total. The number of benzene rings is 2. The first-order valence-electron chi connectivity index (χ1n) is 6.39. The van der Waals surface area contributed by atoms with E-state index in [1.165, 1.54) is 0 Å². The van der Waals surface area contributed by atoms with E-state index in [1.807, 2.05) is 66.2 Å². The monoisotopic (exact) mass is 264 g/mol. The summed E-state index contributed by atoms with van der Waals surface area (Å²) in [6, 6.07) is 13.5. The number of fused-ring (bicyclic) bond motifs is 1. The van der Waals surface area contributed by atoms with Crippen LogP contribution in [0.1, 0.15) is 11.4 Å². The fourth-order valence-corrected chi connectivity index (χ4v) is 2.21. The highest BCUT2D eigenvalue weighted by Gasteiger charge is 2.05. The van der Waals surface area contributed by atoms with Crippen LogP contribution in [0.15, 0.2) is 42.5 Å². The van der Waals surface area contributed by atoms with Crippen molar-refractivity contribution in [2.75, 3.05) is 11.5 Å². The lowest BCUT2D eigenvalue weighted by atomic mass is 10.2. The summed E-state index contributed by atoms with van der Waals surface area (Å²) in [6.07, 6.45) is 3.98. The number of nitrogens with two attached hydrogens (primary N) is 2. The minimum absolute atomic E-state index is 0.742. The minimum Gasteiger partial charge on any atom is -0.399 e. The van der Waals surface area contributed by atoms with Crippen LogP contribution in [0.3, 0.4) is 0 Å². The van der Waals surface area contributed by atoms with Gasteiger partial charge in [-0.05, 0) is 42.0 Å².